The molecule has 0 fully saturated rings. The van der Waals surface area contributed by atoms with Crippen LogP contribution in [0.3, 0.4) is 0 Å². The van der Waals surface area contributed by atoms with Crippen LogP contribution < -0.4 is 33.7 Å². The number of benzene rings is 2. The third kappa shape index (κ3) is 9.15. The summed E-state index contributed by atoms with van der Waals surface area (Å²) in [4.78, 5) is 12.5. The van der Waals surface area contributed by atoms with Crippen molar-refractivity contribution in [2.24, 2.45) is 5.14 Å². The number of primary sulfonamides is 1. The van der Waals surface area contributed by atoms with E-state index in [2.05, 4.69) is 29.6 Å². The number of nitrogens with zero attached hydrogens (tertiary/aromatic N) is 1. The number of halogens is 1. The fourth-order valence-electron chi connectivity index (χ4n) is 3.17. The van der Waals surface area contributed by atoms with Crippen molar-refractivity contribution in [3.63, 3.8) is 0 Å². The Morgan fingerprint density at radius 2 is 1.41 bits per heavy atom. The highest BCUT2D eigenvalue weighted by Gasteiger charge is 2.17. The van der Waals surface area contributed by atoms with Gasteiger partial charge in [0.25, 0.3) is 5.91 Å². The predicted octanol–water partition coefficient (Wildman–Crippen LogP) is -2.53. The molecule has 1 amide bonds. The van der Waals surface area contributed by atoms with Crippen LogP contribution in [-0.4, -0.2) is 14.3 Å². The standard InChI is InChI=1S/C22H23N3O3S.ClHO4/c1-16-12-20(19-6-4-3-5-7-19)13-17(2)25(16)15-22(26)24-14-18-8-10-21(11-9-18)29(23,27)28;2-1(3,4)5/h3-13H,14-15H2,1-2H3,(H2-,23,24,26,27,28);(H,2,3,4,5). The highest BCUT2D eigenvalue weighted by Crippen LogP contribution is 2.19. The number of aromatic nitrogens is 1. The van der Waals surface area contributed by atoms with E-state index in [0.29, 0.717) is 6.54 Å². The van der Waals surface area contributed by atoms with Gasteiger partial charge in [0, 0.05) is 32.5 Å². The molecule has 12 heteroatoms. The van der Waals surface area contributed by atoms with Crippen LogP contribution in [0.5, 0.6) is 0 Å². The zero-order valence-corrected chi connectivity index (χ0v) is 20.0. The Balaban J connectivity index is 0.000000739. The van der Waals surface area contributed by atoms with Gasteiger partial charge in [-0.25, -0.2) is 32.2 Å². The second kappa shape index (κ2) is 11.5. The average molecular weight is 510 g/mol. The van der Waals surface area contributed by atoms with Gasteiger partial charge in [-0.2, -0.15) is 4.57 Å². The Labute approximate surface area is 199 Å². The SMILES string of the molecule is Cc1cc(-c2ccccc2)cc(C)[n+]1CC(=O)NCc1ccc(S(N)(=O)=O)cc1.[O-][Cl+3]([O-])([O-])[O-]. The number of sulfonamides is 1. The number of pyridine rings is 1. The normalized spacial score (nSPS) is 11.4. The highest BCUT2D eigenvalue weighted by atomic mass is 35.7. The summed E-state index contributed by atoms with van der Waals surface area (Å²) in [6.45, 7) is 4.49. The molecule has 0 unspecified atom stereocenters. The summed E-state index contributed by atoms with van der Waals surface area (Å²) >= 11 is 0. The number of carbonyl (C=O) groups excluding carboxylic acids is 1. The van der Waals surface area contributed by atoms with E-state index in [0.717, 1.165) is 28.1 Å². The number of hydrogen-bond acceptors (Lipinski definition) is 7. The first-order valence-electron chi connectivity index (χ1n) is 9.81. The summed E-state index contributed by atoms with van der Waals surface area (Å²) in [5.41, 5.74) is 5.04. The van der Waals surface area contributed by atoms with E-state index in [4.69, 9.17) is 23.8 Å². The van der Waals surface area contributed by atoms with E-state index in [9.17, 15) is 13.2 Å². The largest absolute Gasteiger partial charge is 0.347 e. The van der Waals surface area contributed by atoms with Crippen LogP contribution in [0.25, 0.3) is 11.1 Å². The van der Waals surface area contributed by atoms with Gasteiger partial charge < -0.3 is 5.32 Å². The van der Waals surface area contributed by atoms with E-state index in [-0.39, 0.29) is 17.3 Å². The van der Waals surface area contributed by atoms with Crippen LogP contribution in [-0.2, 0) is 27.9 Å². The van der Waals surface area contributed by atoms with Gasteiger partial charge in [-0.15, -0.1) is 10.2 Å². The lowest BCUT2D eigenvalue weighted by molar-refractivity contribution is -2.00. The predicted molar refractivity (Wildman–Crippen MR) is 111 cm³/mol. The maximum atomic E-state index is 12.4. The summed E-state index contributed by atoms with van der Waals surface area (Å²) < 4.78 is 58.5. The van der Waals surface area contributed by atoms with Crippen LogP contribution in [0.2, 0.25) is 0 Å². The van der Waals surface area contributed by atoms with Crippen LogP contribution in [0.4, 0.5) is 0 Å². The van der Waals surface area contributed by atoms with Gasteiger partial charge in [-0.05, 0) is 28.8 Å². The van der Waals surface area contributed by atoms with E-state index in [1.807, 2.05) is 36.6 Å². The number of rotatable bonds is 6. The van der Waals surface area contributed by atoms with Crippen molar-refractivity contribution in [3.8, 4) is 11.1 Å². The minimum atomic E-state index is -4.94. The molecule has 2 aromatic carbocycles. The van der Waals surface area contributed by atoms with Crippen LogP contribution >= 0.6 is 0 Å². The van der Waals surface area contributed by atoms with E-state index < -0.39 is 20.3 Å². The highest BCUT2D eigenvalue weighted by molar-refractivity contribution is 7.89. The van der Waals surface area contributed by atoms with Gasteiger partial charge in [0.05, 0.1) is 4.90 Å². The molecule has 0 saturated carbocycles. The number of nitrogens with two attached hydrogens (primary N) is 1. The lowest BCUT2D eigenvalue weighted by Crippen LogP contribution is -2.68. The zero-order chi connectivity index (χ0) is 25.5. The monoisotopic (exact) mass is 509 g/mol. The molecule has 0 aliphatic rings. The number of amides is 1. The maximum absolute atomic E-state index is 12.4. The Hall–Kier alpha value is -2.90. The fraction of sp³-hybridized carbons (Fsp3) is 0.182. The molecule has 0 atom stereocenters. The molecule has 0 bridgehead atoms. The fourth-order valence-corrected chi connectivity index (χ4v) is 3.69. The molecule has 3 aromatic rings. The van der Waals surface area contributed by atoms with Crippen LogP contribution in [0, 0.1) is 24.1 Å². The molecule has 0 aliphatic heterocycles. The van der Waals surface area contributed by atoms with E-state index >= 15 is 0 Å². The third-order valence-corrected chi connectivity index (χ3v) is 5.66. The van der Waals surface area contributed by atoms with Crippen molar-refractivity contribution in [1.29, 1.82) is 0 Å². The smallest absolute Gasteiger partial charge is 0.286 e. The molecular weight excluding hydrogens is 486 g/mol. The van der Waals surface area contributed by atoms with Gasteiger partial charge in [0.2, 0.25) is 16.6 Å². The molecular formula is C22H24ClN3O7S. The molecule has 3 rings (SSSR count). The molecule has 0 radical (unpaired) electrons. The summed E-state index contributed by atoms with van der Waals surface area (Å²) in [6.07, 6.45) is 0. The Morgan fingerprint density at radius 1 is 0.912 bits per heavy atom. The summed E-state index contributed by atoms with van der Waals surface area (Å²) in [6, 6.07) is 20.4. The van der Waals surface area contributed by atoms with Crippen molar-refractivity contribution in [3.05, 3.63) is 83.7 Å². The van der Waals surface area contributed by atoms with Crippen molar-refractivity contribution in [1.82, 2.24) is 5.32 Å². The lowest BCUT2D eigenvalue weighted by Gasteiger charge is -2.17. The quantitative estimate of drug-likeness (QED) is 0.343. The minimum absolute atomic E-state index is 0.0490. The van der Waals surface area contributed by atoms with Gasteiger partial charge in [-0.1, -0.05) is 42.5 Å². The minimum Gasteiger partial charge on any atom is -0.347 e. The van der Waals surface area contributed by atoms with Crippen molar-refractivity contribution < 1.29 is 46.7 Å². The molecule has 10 nitrogen and oxygen atoms in total. The Morgan fingerprint density at radius 3 is 1.88 bits per heavy atom. The Kier molecular flexibility index (Phi) is 9.24. The van der Waals surface area contributed by atoms with Crippen molar-refractivity contribution in [2.45, 2.75) is 31.8 Å². The molecule has 182 valence electrons. The van der Waals surface area contributed by atoms with E-state index in [1.54, 1.807) is 12.1 Å². The van der Waals surface area contributed by atoms with Crippen LogP contribution in [0.15, 0.2) is 71.6 Å². The van der Waals surface area contributed by atoms with Gasteiger partial charge >= 0.3 is 0 Å². The second-order valence-electron chi connectivity index (χ2n) is 7.32. The molecule has 0 spiro atoms. The van der Waals surface area contributed by atoms with E-state index in [1.165, 1.54) is 12.1 Å². The zero-order valence-electron chi connectivity index (χ0n) is 18.4. The number of hydrogen-bond donors (Lipinski definition) is 2. The van der Waals surface area contributed by atoms with Gasteiger partial charge in [0.1, 0.15) is 0 Å². The van der Waals surface area contributed by atoms with Gasteiger partial charge in [-0.3, -0.25) is 4.79 Å². The maximum Gasteiger partial charge on any atom is 0.286 e. The first-order chi connectivity index (χ1) is 15.7. The molecule has 3 N–H and O–H groups in total. The van der Waals surface area contributed by atoms with Crippen molar-refractivity contribution in [2.75, 3.05) is 0 Å². The number of aryl methyl sites for hydroxylation is 2. The second-order valence-corrected chi connectivity index (χ2v) is 9.64. The topological polar surface area (TPSA) is 185 Å². The summed E-state index contributed by atoms with van der Waals surface area (Å²) in [5.74, 6) is -0.121. The number of carbonyl (C=O) groups is 1. The molecule has 1 aromatic heterocycles. The van der Waals surface area contributed by atoms with Crippen LogP contribution in [0.1, 0.15) is 17.0 Å². The summed E-state index contributed by atoms with van der Waals surface area (Å²) in [5, 5.41) is 7.96. The molecule has 34 heavy (non-hydrogen) atoms. The number of nitrogens with one attached hydrogen (secondary N) is 1. The third-order valence-electron chi connectivity index (χ3n) is 4.73. The lowest BCUT2D eigenvalue weighted by atomic mass is 10.0. The van der Waals surface area contributed by atoms with Crippen molar-refractivity contribution >= 4 is 15.9 Å². The van der Waals surface area contributed by atoms with Gasteiger partial charge in [0.15, 0.2) is 11.4 Å². The Bertz CT molecular complexity index is 1200. The summed E-state index contributed by atoms with van der Waals surface area (Å²) in [7, 11) is -8.66. The first kappa shape index (κ1) is 27.3. The first-order valence-corrected chi connectivity index (χ1v) is 12.6. The molecule has 0 saturated heterocycles. The average Bonchev–Trinajstić information content (AvgIpc) is 2.74. The molecule has 1 heterocycles. The molecule has 0 aliphatic carbocycles.